The number of aromatic nitrogens is 2. The molecular formula is C18H17ClF3N5O4S. The number of alkyl halides is 3. The number of imidazole rings is 1. The summed E-state index contributed by atoms with van der Waals surface area (Å²) in [6.07, 6.45) is -0.802. The number of carbonyl (C=O) groups is 1. The molecule has 0 saturated carbocycles. The van der Waals surface area contributed by atoms with Gasteiger partial charge in [0, 0.05) is 44.5 Å². The molecule has 1 amide bonds. The monoisotopic (exact) mass is 491 g/mol. The largest absolute Gasteiger partial charge is 0.472 e. The Morgan fingerprint density at radius 1 is 1.31 bits per heavy atom. The van der Waals surface area contributed by atoms with Crippen LogP contribution in [0, 0.1) is 0 Å². The molecule has 0 radical (unpaired) electrons. The third-order valence-corrected chi connectivity index (χ3v) is 6.94. The van der Waals surface area contributed by atoms with Crippen molar-refractivity contribution in [2.24, 2.45) is 0 Å². The molecule has 4 rings (SSSR count). The number of furan rings is 1. The SMILES string of the molecule is CN(C)S(=O)(=O)NC1CN(C(=O)c2nc3c(C(F)(F)F)cc(-c4ccoc4)cn3c2Cl)C1. The normalized spacial score (nSPS) is 15.5. The van der Waals surface area contributed by atoms with Gasteiger partial charge in [-0.3, -0.25) is 9.20 Å². The molecule has 3 aromatic rings. The number of nitrogens with zero attached hydrogens (tertiary/aromatic N) is 4. The summed E-state index contributed by atoms with van der Waals surface area (Å²) >= 11 is 6.26. The van der Waals surface area contributed by atoms with Crippen LogP contribution >= 0.6 is 11.6 Å². The van der Waals surface area contributed by atoms with Gasteiger partial charge in [-0.25, -0.2) is 4.98 Å². The molecule has 1 fully saturated rings. The molecule has 172 valence electrons. The fraction of sp³-hybridized carbons (Fsp3) is 0.333. The van der Waals surface area contributed by atoms with E-state index in [9.17, 15) is 26.4 Å². The van der Waals surface area contributed by atoms with Crippen LogP contribution in [-0.4, -0.2) is 66.1 Å². The van der Waals surface area contributed by atoms with E-state index >= 15 is 0 Å². The minimum atomic E-state index is -4.75. The molecule has 1 saturated heterocycles. The third-order valence-electron chi connectivity index (χ3n) is 4.99. The van der Waals surface area contributed by atoms with Crippen LogP contribution in [-0.2, 0) is 16.4 Å². The van der Waals surface area contributed by atoms with Gasteiger partial charge in [0.2, 0.25) is 0 Å². The Morgan fingerprint density at radius 2 is 2.00 bits per heavy atom. The molecule has 3 aromatic heterocycles. The second kappa shape index (κ2) is 7.76. The zero-order chi connectivity index (χ0) is 23.4. The summed E-state index contributed by atoms with van der Waals surface area (Å²) < 4.78 is 74.2. The van der Waals surface area contributed by atoms with E-state index in [1.807, 2.05) is 0 Å². The molecule has 32 heavy (non-hydrogen) atoms. The van der Waals surface area contributed by atoms with Crippen molar-refractivity contribution in [3.63, 3.8) is 0 Å². The Bertz CT molecular complexity index is 1280. The van der Waals surface area contributed by atoms with Gasteiger partial charge >= 0.3 is 6.18 Å². The van der Waals surface area contributed by atoms with E-state index in [2.05, 4.69) is 9.71 Å². The highest BCUT2D eigenvalue weighted by molar-refractivity contribution is 7.87. The zero-order valence-corrected chi connectivity index (χ0v) is 18.3. The van der Waals surface area contributed by atoms with E-state index in [1.165, 1.54) is 43.8 Å². The summed E-state index contributed by atoms with van der Waals surface area (Å²) in [6, 6.07) is 1.88. The van der Waals surface area contributed by atoms with Crippen molar-refractivity contribution < 1.29 is 30.8 Å². The number of pyridine rings is 1. The molecule has 0 aliphatic carbocycles. The molecule has 0 atom stereocenters. The van der Waals surface area contributed by atoms with Crippen LogP contribution in [0.5, 0.6) is 0 Å². The van der Waals surface area contributed by atoms with Crippen molar-refractivity contribution in [1.29, 1.82) is 0 Å². The van der Waals surface area contributed by atoms with Crippen LogP contribution in [0.25, 0.3) is 16.8 Å². The fourth-order valence-electron chi connectivity index (χ4n) is 3.23. The van der Waals surface area contributed by atoms with Gasteiger partial charge in [-0.05, 0) is 12.1 Å². The zero-order valence-electron chi connectivity index (χ0n) is 16.7. The van der Waals surface area contributed by atoms with Gasteiger partial charge in [-0.2, -0.15) is 30.6 Å². The van der Waals surface area contributed by atoms with Crippen LogP contribution in [0.3, 0.4) is 0 Å². The van der Waals surface area contributed by atoms with Crippen molar-refractivity contribution in [2.75, 3.05) is 27.2 Å². The van der Waals surface area contributed by atoms with Crippen molar-refractivity contribution in [3.8, 4) is 11.1 Å². The van der Waals surface area contributed by atoms with E-state index in [-0.39, 0.29) is 29.5 Å². The Morgan fingerprint density at radius 3 is 2.56 bits per heavy atom. The molecule has 0 spiro atoms. The average Bonchev–Trinajstić information content (AvgIpc) is 3.31. The fourth-order valence-corrected chi connectivity index (χ4v) is 4.27. The molecule has 9 nitrogen and oxygen atoms in total. The molecule has 0 bridgehead atoms. The highest BCUT2D eigenvalue weighted by Crippen LogP contribution is 2.37. The summed E-state index contributed by atoms with van der Waals surface area (Å²) in [4.78, 5) is 18.0. The van der Waals surface area contributed by atoms with Crippen LogP contribution < -0.4 is 4.72 Å². The topological polar surface area (TPSA) is 100 Å². The molecule has 4 heterocycles. The summed E-state index contributed by atoms with van der Waals surface area (Å²) in [5.41, 5.74) is -1.34. The lowest BCUT2D eigenvalue weighted by molar-refractivity contribution is -0.136. The number of fused-ring (bicyclic) bond motifs is 1. The lowest BCUT2D eigenvalue weighted by Crippen LogP contribution is -2.62. The number of carbonyl (C=O) groups excluding carboxylic acids is 1. The van der Waals surface area contributed by atoms with Crippen molar-refractivity contribution >= 4 is 33.4 Å². The van der Waals surface area contributed by atoms with Gasteiger partial charge in [0.25, 0.3) is 16.1 Å². The highest BCUT2D eigenvalue weighted by atomic mass is 35.5. The predicted molar refractivity (Wildman–Crippen MR) is 108 cm³/mol. The lowest BCUT2D eigenvalue weighted by atomic mass is 10.1. The quantitative estimate of drug-likeness (QED) is 0.591. The number of hydrogen-bond donors (Lipinski definition) is 1. The Balaban J connectivity index is 1.66. The summed E-state index contributed by atoms with van der Waals surface area (Å²) in [5, 5.41) is -0.279. The van der Waals surface area contributed by atoms with Gasteiger partial charge < -0.3 is 9.32 Å². The second-order valence-electron chi connectivity index (χ2n) is 7.41. The maximum Gasteiger partial charge on any atom is 0.420 e. The van der Waals surface area contributed by atoms with Gasteiger partial charge in [-0.15, -0.1) is 0 Å². The first-order valence-electron chi connectivity index (χ1n) is 9.19. The maximum atomic E-state index is 13.7. The van der Waals surface area contributed by atoms with E-state index in [0.29, 0.717) is 5.56 Å². The van der Waals surface area contributed by atoms with Crippen molar-refractivity contribution in [3.05, 3.63) is 47.3 Å². The molecular weight excluding hydrogens is 475 g/mol. The number of hydrogen-bond acceptors (Lipinski definition) is 5. The van der Waals surface area contributed by atoms with Crippen LogP contribution in [0.4, 0.5) is 13.2 Å². The smallest absolute Gasteiger partial charge is 0.420 e. The minimum absolute atomic E-state index is 0.0303. The number of halogens is 4. The molecule has 1 aliphatic heterocycles. The number of rotatable bonds is 5. The first-order valence-corrected chi connectivity index (χ1v) is 11.0. The van der Waals surface area contributed by atoms with Crippen LogP contribution in [0.15, 0.2) is 35.3 Å². The number of likely N-dealkylation sites (tertiary alicyclic amines) is 1. The van der Waals surface area contributed by atoms with Gasteiger partial charge in [0.15, 0.2) is 11.3 Å². The van der Waals surface area contributed by atoms with Gasteiger partial charge in [0.05, 0.1) is 24.1 Å². The summed E-state index contributed by atoms with van der Waals surface area (Å²) in [6.45, 7) is 0.0605. The Labute approximate surface area is 185 Å². The molecule has 1 N–H and O–H groups in total. The Kier molecular flexibility index (Phi) is 5.48. The van der Waals surface area contributed by atoms with Crippen molar-refractivity contribution in [2.45, 2.75) is 12.2 Å². The van der Waals surface area contributed by atoms with E-state index in [0.717, 1.165) is 14.8 Å². The van der Waals surface area contributed by atoms with E-state index in [4.69, 9.17) is 16.0 Å². The minimum Gasteiger partial charge on any atom is -0.472 e. The van der Waals surface area contributed by atoms with Crippen LogP contribution in [0.2, 0.25) is 5.15 Å². The average molecular weight is 492 g/mol. The first kappa shape index (κ1) is 22.6. The first-order chi connectivity index (χ1) is 14.9. The lowest BCUT2D eigenvalue weighted by Gasteiger charge is -2.39. The standard InChI is InChI=1S/C18H17ClF3N5O4S/c1-25(2)32(29,30)24-12-7-26(8-12)17(28)14-15(19)27-6-11(10-3-4-31-9-10)5-13(16(27)23-14)18(20,21)22/h3-6,9,12,24H,7-8H2,1-2H3. The second-order valence-corrected chi connectivity index (χ2v) is 9.68. The number of amides is 1. The highest BCUT2D eigenvalue weighted by Gasteiger charge is 2.39. The number of nitrogens with one attached hydrogen (secondary N) is 1. The predicted octanol–water partition coefficient (Wildman–Crippen LogP) is 2.49. The van der Waals surface area contributed by atoms with E-state index < -0.39 is 39.5 Å². The van der Waals surface area contributed by atoms with Crippen LogP contribution in [0.1, 0.15) is 16.1 Å². The summed E-state index contributed by atoms with van der Waals surface area (Å²) in [7, 11) is -0.967. The molecule has 0 aromatic carbocycles. The third kappa shape index (κ3) is 3.96. The summed E-state index contributed by atoms with van der Waals surface area (Å²) in [5.74, 6) is -0.697. The van der Waals surface area contributed by atoms with Gasteiger partial charge in [0.1, 0.15) is 5.15 Å². The van der Waals surface area contributed by atoms with E-state index in [1.54, 1.807) is 0 Å². The molecule has 1 aliphatic rings. The molecule has 0 unspecified atom stereocenters. The molecule has 14 heteroatoms. The maximum absolute atomic E-state index is 13.7. The Hall–Kier alpha value is -2.61. The van der Waals surface area contributed by atoms with Gasteiger partial charge in [-0.1, -0.05) is 11.6 Å². The van der Waals surface area contributed by atoms with Crippen molar-refractivity contribution in [1.82, 2.24) is 23.3 Å².